The molecular weight excluding hydrogens is 238 g/mol. The molecule has 18 heavy (non-hydrogen) atoms. The molecule has 2 atom stereocenters. The van der Waals surface area contributed by atoms with Gasteiger partial charge in [-0.05, 0) is 59.7 Å². The number of rotatable bonds is 4. The fourth-order valence-corrected chi connectivity index (χ4v) is 3.58. The molecule has 0 radical (unpaired) electrons. The first-order valence-corrected chi connectivity index (χ1v) is 7.62. The van der Waals surface area contributed by atoms with Crippen molar-refractivity contribution < 1.29 is 0 Å². The van der Waals surface area contributed by atoms with Crippen LogP contribution in [0.25, 0.3) is 0 Å². The maximum Gasteiger partial charge on any atom is 0.0328 e. The second kappa shape index (κ2) is 5.25. The molecule has 1 aliphatic rings. The zero-order valence-corrected chi connectivity index (χ0v) is 11.5. The average Bonchev–Trinajstić information content (AvgIpc) is 3.00. The summed E-state index contributed by atoms with van der Waals surface area (Å²) >= 11 is 1.79. The summed E-state index contributed by atoms with van der Waals surface area (Å²) < 4.78 is 0. The second-order valence-corrected chi connectivity index (χ2v) is 5.97. The smallest absolute Gasteiger partial charge is 0.0328 e. The number of thiophene rings is 1. The lowest BCUT2D eigenvalue weighted by atomic mass is 10.1. The van der Waals surface area contributed by atoms with Gasteiger partial charge in [-0.2, -0.15) is 11.3 Å². The molecule has 0 saturated heterocycles. The number of fused-ring (bicyclic) bond motifs is 1. The molecule has 1 aromatic heterocycles. The van der Waals surface area contributed by atoms with E-state index in [9.17, 15) is 0 Å². The lowest BCUT2D eigenvalue weighted by molar-refractivity contribution is 0.451. The van der Waals surface area contributed by atoms with Crippen LogP contribution in [0, 0.1) is 0 Å². The summed E-state index contributed by atoms with van der Waals surface area (Å²) in [5, 5.41) is 8.19. The van der Waals surface area contributed by atoms with Crippen molar-refractivity contribution in [2.75, 3.05) is 0 Å². The minimum absolute atomic E-state index is 0.538. The molecule has 1 nitrogen and oxygen atoms in total. The Kier molecular flexibility index (Phi) is 3.48. The molecule has 94 valence electrons. The van der Waals surface area contributed by atoms with Crippen molar-refractivity contribution in [1.82, 2.24) is 5.32 Å². The summed E-state index contributed by atoms with van der Waals surface area (Å²) in [5.41, 5.74) is 4.48. The number of hydrogen-bond acceptors (Lipinski definition) is 2. The fraction of sp³-hybridized carbons (Fsp3) is 0.375. The molecule has 0 saturated carbocycles. The van der Waals surface area contributed by atoms with Crippen molar-refractivity contribution in [3.63, 3.8) is 0 Å². The van der Waals surface area contributed by atoms with E-state index in [1.807, 2.05) is 0 Å². The van der Waals surface area contributed by atoms with Crippen molar-refractivity contribution in [2.45, 2.75) is 38.3 Å². The quantitative estimate of drug-likeness (QED) is 0.874. The van der Waals surface area contributed by atoms with Crippen LogP contribution in [0.15, 0.2) is 41.1 Å². The van der Waals surface area contributed by atoms with Crippen LogP contribution in [-0.4, -0.2) is 6.04 Å². The van der Waals surface area contributed by atoms with Gasteiger partial charge in [0.25, 0.3) is 0 Å². The first kappa shape index (κ1) is 11.9. The van der Waals surface area contributed by atoms with Crippen LogP contribution in [-0.2, 0) is 12.8 Å². The van der Waals surface area contributed by atoms with E-state index in [-0.39, 0.29) is 0 Å². The summed E-state index contributed by atoms with van der Waals surface area (Å²) in [6.07, 6.45) is 3.59. The number of nitrogens with one attached hydrogen (secondary N) is 1. The summed E-state index contributed by atoms with van der Waals surface area (Å²) in [6, 6.07) is 12.2. The molecule has 1 N–H and O–H groups in total. The standard InChI is InChI=1S/C16H19NS/c1-12(10-13-8-9-18-11-13)17-16-7-6-14-4-2-3-5-15(14)16/h2-5,8-9,11-12,16-17H,6-7,10H2,1H3. The fourth-order valence-electron chi connectivity index (χ4n) is 2.89. The number of benzene rings is 1. The summed E-state index contributed by atoms with van der Waals surface area (Å²) in [4.78, 5) is 0. The zero-order chi connectivity index (χ0) is 12.4. The van der Waals surface area contributed by atoms with Gasteiger partial charge < -0.3 is 5.32 Å². The Morgan fingerprint density at radius 3 is 3.06 bits per heavy atom. The van der Waals surface area contributed by atoms with Crippen LogP contribution in [0.5, 0.6) is 0 Å². The summed E-state index contributed by atoms with van der Waals surface area (Å²) in [7, 11) is 0. The van der Waals surface area contributed by atoms with Crippen molar-refractivity contribution in [3.05, 3.63) is 57.8 Å². The van der Waals surface area contributed by atoms with E-state index in [4.69, 9.17) is 0 Å². The monoisotopic (exact) mass is 257 g/mol. The molecule has 2 aromatic rings. The lowest BCUT2D eigenvalue weighted by Crippen LogP contribution is -2.31. The van der Waals surface area contributed by atoms with Crippen LogP contribution in [0.2, 0.25) is 0 Å². The Bertz CT molecular complexity index is 504. The Hall–Kier alpha value is -1.12. The molecule has 0 spiro atoms. The summed E-state index contributed by atoms with van der Waals surface area (Å²) in [6.45, 7) is 2.29. The molecule has 3 rings (SSSR count). The molecule has 2 heteroatoms. The highest BCUT2D eigenvalue weighted by molar-refractivity contribution is 7.07. The van der Waals surface area contributed by atoms with E-state index in [0.717, 1.165) is 6.42 Å². The second-order valence-electron chi connectivity index (χ2n) is 5.19. The van der Waals surface area contributed by atoms with Gasteiger partial charge in [-0.3, -0.25) is 0 Å². The van der Waals surface area contributed by atoms with Gasteiger partial charge in [0.1, 0.15) is 0 Å². The Labute approximate surface area is 113 Å². The van der Waals surface area contributed by atoms with Crippen molar-refractivity contribution >= 4 is 11.3 Å². The molecule has 0 fully saturated rings. The topological polar surface area (TPSA) is 12.0 Å². The molecule has 0 bridgehead atoms. The molecule has 0 aliphatic heterocycles. The minimum Gasteiger partial charge on any atom is -0.307 e. The lowest BCUT2D eigenvalue weighted by Gasteiger charge is -2.20. The Morgan fingerprint density at radius 2 is 2.22 bits per heavy atom. The third-order valence-electron chi connectivity index (χ3n) is 3.74. The van der Waals surface area contributed by atoms with E-state index in [0.29, 0.717) is 12.1 Å². The van der Waals surface area contributed by atoms with Crippen molar-refractivity contribution in [1.29, 1.82) is 0 Å². The molecule has 2 unspecified atom stereocenters. The summed E-state index contributed by atoms with van der Waals surface area (Å²) in [5.74, 6) is 0. The van der Waals surface area contributed by atoms with Gasteiger partial charge in [0.05, 0.1) is 0 Å². The van der Waals surface area contributed by atoms with E-state index in [1.54, 1.807) is 11.3 Å². The maximum absolute atomic E-state index is 3.78. The van der Waals surface area contributed by atoms with Crippen LogP contribution < -0.4 is 5.32 Å². The average molecular weight is 257 g/mol. The highest BCUT2D eigenvalue weighted by Gasteiger charge is 2.22. The number of aryl methyl sites for hydroxylation is 1. The highest BCUT2D eigenvalue weighted by Crippen LogP contribution is 2.31. The minimum atomic E-state index is 0.538. The van der Waals surface area contributed by atoms with Crippen LogP contribution >= 0.6 is 11.3 Å². The van der Waals surface area contributed by atoms with Gasteiger partial charge in [-0.25, -0.2) is 0 Å². The molecular formula is C16H19NS. The van der Waals surface area contributed by atoms with E-state index in [1.165, 1.54) is 29.5 Å². The van der Waals surface area contributed by atoms with Gasteiger partial charge >= 0.3 is 0 Å². The Balaban J connectivity index is 1.64. The van der Waals surface area contributed by atoms with E-state index >= 15 is 0 Å². The van der Waals surface area contributed by atoms with Gasteiger partial charge in [0.2, 0.25) is 0 Å². The van der Waals surface area contributed by atoms with Gasteiger partial charge in [-0.1, -0.05) is 24.3 Å². The van der Waals surface area contributed by atoms with Gasteiger partial charge in [0.15, 0.2) is 0 Å². The van der Waals surface area contributed by atoms with Gasteiger partial charge in [0, 0.05) is 12.1 Å². The van der Waals surface area contributed by atoms with Crippen molar-refractivity contribution in [2.24, 2.45) is 0 Å². The molecule has 0 amide bonds. The SMILES string of the molecule is CC(Cc1ccsc1)NC1CCc2ccccc21. The predicted octanol–water partition coefficient (Wildman–Crippen LogP) is 3.96. The third kappa shape index (κ3) is 2.50. The van der Waals surface area contributed by atoms with Gasteiger partial charge in [-0.15, -0.1) is 0 Å². The van der Waals surface area contributed by atoms with Crippen molar-refractivity contribution in [3.8, 4) is 0 Å². The molecule has 1 aliphatic carbocycles. The predicted molar refractivity (Wildman–Crippen MR) is 78.1 cm³/mol. The maximum atomic E-state index is 3.78. The normalized spacial score (nSPS) is 19.7. The first-order chi connectivity index (χ1) is 8.83. The first-order valence-electron chi connectivity index (χ1n) is 6.68. The van der Waals surface area contributed by atoms with Crippen LogP contribution in [0.1, 0.15) is 36.1 Å². The van der Waals surface area contributed by atoms with Crippen LogP contribution in [0.4, 0.5) is 0 Å². The third-order valence-corrected chi connectivity index (χ3v) is 4.47. The molecule has 1 aromatic carbocycles. The van der Waals surface area contributed by atoms with Crippen LogP contribution in [0.3, 0.4) is 0 Å². The van der Waals surface area contributed by atoms with E-state index < -0.39 is 0 Å². The largest absolute Gasteiger partial charge is 0.307 e. The Morgan fingerprint density at radius 1 is 1.33 bits per heavy atom. The molecule has 1 heterocycles. The van der Waals surface area contributed by atoms with E-state index in [2.05, 4.69) is 53.3 Å². The number of hydrogen-bond donors (Lipinski definition) is 1. The zero-order valence-electron chi connectivity index (χ0n) is 10.7. The highest BCUT2D eigenvalue weighted by atomic mass is 32.1.